The van der Waals surface area contributed by atoms with Crippen molar-refractivity contribution in [1.82, 2.24) is 5.32 Å². The molecule has 1 fully saturated rings. The molecule has 0 spiro atoms. The van der Waals surface area contributed by atoms with Gasteiger partial charge in [0.2, 0.25) is 0 Å². The SMILES string of the molecule is CCNC(=O)c1cc(O)ccc1OCC1CC1. The van der Waals surface area contributed by atoms with Gasteiger partial charge in [0.15, 0.2) is 0 Å². The molecule has 1 aliphatic rings. The van der Waals surface area contributed by atoms with Crippen LogP contribution in [0.1, 0.15) is 30.1 Å². The zero-order chi connectivity index (χ0) is 12.3. The lowest BCUT2D eigenvalue weighted by molar-refractivity contribution is 0.0951. The Bertz CT molecular complexity index is 413. The van der Waals surface area contributed by atoms with Crippen LogP contribution in [0.3, 0.4) is 0 Å². The van der Waals surface area contributed by atoms with Crippen molar-refractivity contribution in [2.45, 2.75) is 19.8 Å². The van der Waals surface area contributed by atoms with Gasteiger partial charge in [0.25, 0.3) is 5.91 Å². The van der Waals surface area contributed by atoms with Crippen LogP contribution in [-0.2, 0) is 0 Å². The predicted octanol–water partition coefficient (Wildman–Crippen LogP) is 1.93. The minimum absolute atomic E-state index is 0.0741. The zero-order valence-electron chi connectivity index (χ0n) is 9.90. The van der Waals surface area contributed by atoms with Crippen molar-refractivity contribution < 1.29 is 14.6 Å². The summed E-state index contributed by atoms with van der Waals surface area (Å²) in [6.07, 6.45) is 2.41. The summed E-state index contributed by atoms with van der Waals surface area (Å²) in [5.41, 5.74) is 0.396. The summed E-state index contributed by atoms with van der Waals surface area (Å²) in [5, 5.41) is 12.1. The largest absolute Gasteiger partial charge is 0.508 e. The first-order valence-corrected chi connectivity index (χ1v) is 5.94. The Balaban J connectivity index is 2.13. The molecular formula is C13H17NO3. The summed E-state index contributed by atoms with van der Waals surface area (Å²) in [4.78, 5) is 11.8. The van der Waals surface area contributed by atoms with E-state index in [1.807, 2.05) is 6.92 Å². The van der Waals surface area contributed by atoms with Crippen molar-refractivity contribution in [2.24, 2.45) is 5.92 Å². The molecule has 1 aliphatic carbocycles. The number of carbonyl (C=O) groups excluding carboxylic acids is 1. The van der Waals surface area contributed by atoms with Gasteiger partial charge < -0.3 is 15.2 Å². The zero-order valence-corrected chi connectivity index (χ0v) is 9.90. The number of nitrogens with one attached hydrogen (secondary N) is 1. The third kappa shape index (κ3) is 3.12. The fourth-order valence-corrected chi connectivity index (χ4v) is 1.57. The van der Waals surface area contributed by atoms with Gasteiger partial charge in [-0.15, -0.1) is 0 Å². The van der Waals surface area contributed by atoms with Crippen molar-refractivity contribution in [1.29, 1.82) is 0 Å². The van der Waals surface area contributed by atoms with Gasteiger partial charge >= 0.3 is 0 Å². The average Bonchev–Trinajstić information content (AvgIpc) is 3.11. The molecule has 1 amide bonds. The number of phenols is 1. The Labute approximate surface area is 101 Å². The minimum atomic E-state index is -0.214. The third-order valence-corrected chi connectivity index (χ3v) is 2.72. The van der Waals surface area contributed by atoms with Crippen LogP contribution >= 0.6 is 0 Å². The summed E-state index contributed by atoms with van der Waals surface area (Å²) < 4.78 is 5.61. The Morgan fingerprint density at radius 3 is 2.94 bits per heavy atom. The molecule has 1 saturated carbocycles. The summed E-state index contributed by atoms with van der Waals surface area (Å²) >= 11 is 0. The van der Waals surface area contributed by atoms with E-state index in [9.17, 15) is 9.90 Å². The van der Waals surface area contributed by atoms with Crippen molar-refractivity contribution in [3.05, 3.63) is 23.8 Å². The molecule has 17 heavy (non-hydrogen) atoms. The number of ether oxygens (including phenoxy) is 1. The molecule has 4 heteroatoms. The normalized spacial score (nSPS) is 14.4. The Kier molecular flexibility index (Phi) is 3.52. The highest BCUT2D eigenvalue weighted by molar-refractivity contribution is 5.97. The fourth-order valence-electron chi connectivity index (χ4n) is 1.57. The van der Waals surface area contributed by atoms with Crippen LogP contribution in [0.5, 0.6) is 11.5 Å². The first kappa shape index (κ1) is 11.8. The molecule has 4 nitrogen and oxygen atoms in total. The number of hydrogen-bond donors (Lipinski definition) is 2. The topological polar surface area (TPSA) is 58.6 Å². The molecule has 0 saturated heterocycles. The van der Waals surface area contributed by atoms with Crippen LogP contribution in [0.4, 0.5) is 0 Å². The smallest absolute Gasteiger partial charge is 0.255 e. The quantitative estimate of drug-likeness (QED) is 0.819. The van der Waals surface area contributed by atoms with Crippen LogP contribution < -0.4 is 10.1 Å². The predicted molar refractivity (Wildman–Crippen MR) is 64.3 cm³/mol. The lowest BCUT2D eigenvalue weighted by Gasteiger charge is -2.11. The number of phenolic OH excluding ortho intramolecular Hbond substituents is 1. The number of benzene rings is 1. The van der Waals surface area contributed by atoms with E-state index in [0.29, 0.717) is 30.4 Å². The molecule has 0 aliphatic heterocycles. The van der Waals surface area contributed by atoms with Gasteiger partial charge in [-0.3, -0.25) is 4.79 Å². The van der Waals surface area contributed by atoms with E-state index >= 15 is 0 Å². The Hall–Kier alpha value is -1.71. The minimum Gasteiger partial charge on any atom is -0.508 e. The Morgan fingerprint density at radius 2 is 2.29 bits per heavy atom. The van der Waals surface area contributed by atoms with Crippen LogP contribution in [0.25, 0.3) is 0 Å². The van der Waals surface area contributed by atoms with Gasteiger partial charge in [0.05, 0.1) is 12.2 Å². The van der Waals surface area contributed by atoms with Gasteiger partial charge in [-0.25, -0.2) is 0 Å². The molecule has 0 aromatic heterocycles. The standard InChI is InChI=1S/C13H17NO3/c1-2-14-13(16)11-7-10(15)5-6-12(11)17-8-9-3-4-9/h5-7,9,15H,2-4,8H2,1H3,(H,14,16). The Morgan fingerprint density at radius 1 is 1.53 bits per heavy atom. The van der Waals surface area contributed by atoms with E-state index in [1.54, 1.807) is 6.07 Å². The summed E-state index contributed by atoms with van der Waals surface area (Å²) in [7, 11) is 0. The van der Waals surface area contributed by atoms with E-state index in [4.69, 9.17) is 4.74 Å². The van der Waals surface area contributed by atoms with Crippen LogP contribution in [0, 0.1) is 5.92 Å². The molecule has 0 heterocycles. The number of hydrogen-bond acceptors (Lipinski definition) is 3. The van der Waals surface area contributed by atoms with Gasteiger partial charge in [0.1, 0.15) is 11.5 Å². The maximum Gasteiger partial charge on any atom is 0.255 e. The third-order valence-electron chi connectivity index (χ3n) is 2.72. The van der Waals surface area contributed by atoms with Gasteiger partial charge in [-0.05, 0) is 43.9 Å². The maximum atomic E-state index is 11.8. The van der Waals surface area contributed by atoms with E-state index in [1.165, 1.54) is 25.0 Å². The lowest BCUT2D eigenvalue weighted by atomic mass is 10.1. The molecular weight excluding hydrogens is 218 g/mol. The van der Waals surface area contributed by atoms with Crippen molar-refractivity contribution in [3.8, 4) is 11.5 Å². The van der Waals surface area contributed by atoms with E-state index in [2.05, 4.69) is 5.32 Å². The molecule has 0 radical (unpaired) electrons. The summed E-state index contributed by atoms with van der Waals surface area (Å²) in [6, 6.07) is 4.61. The molecule has 0 bridgehead atoms. The number of aromatic hydroxyl groups is 1. The summed E-state index contributed by atoms with van der Waals surface area (Å²) in [5.74, 6) is 1.03. The molecule has 92 valence electrons. The van der Waals surface area contributed by atoms with E-state index in [0.717, 1.165) is 0 Å². The lowest BCUT2D eigenvalue weighted by Crippen LogP contribution is -2.23. The first-order valence-electron chi connectivity index (χ1n) is 5.94. The van der Waals surface area contributed by atoms with E-state index < -0.39 is 0 Å². The molecule has 0 unspecified atom stereocenters. The number of amides is 1. The second-order valence-corrected chi connectivity index (χ2v) is 4.29. The highest BCUT2D eigenvalue weighted by Crippen LogP contribution is 2.31. The van der Waals surface area contributed by atoms with Crippen molar-refractivity contribution in [3.63, 3.8) is 0 Å². The number of rotatable bonds is 5. The monoisotopic (exact) mass is 235 g/mol. The average molecular weight is 235 g/mol. The molecule has 2 rings (SSSR count). The summed E-state index contributed by atoms with van der Waals surface area (Å²) in [6.45, 7) is 3.05. The van der Waals surface area contributed by atoms with Gasteiger partial charge in [-0.1, -0.05) is 0 Å². The molecule has 0 atom stereocenters. The van der Waals surface area contributed by atoms with Crippen LogP contribution in [0.15, 0.2) is 18.2 Å². The van der Waals surface area contributed by atoms with Crippen LogP contribution in [-0.4, -0.2) is 24.2 Å². The van der Waals surface area contributed by atoms with Crippen molar-refractivity contribution in [2.75, 3.05) is 13.2 Å². The first-order chi connectivity index (χ1) is 8.20. The second kappa shape index (κ2) is 5.08. The second-order valence-electron chi connectivity index (χ2n) is 4.29. The van der Waals surface area contributed by atoms with Crippen LogP contribution in [0.2, 0.25) is 0 Å². The van der Waals surface area contributed by atoms with Crippen molar-refractivity contribution >= 4 is 5.91 Å². The van der Waals surface area contributed by atoms with Gasteiger partial charge in [-0.2, -0.15) is 0 Å². The van der Waals surface area contributed by atoms with Gasteiger partial charge in [0, 0.05) is 6.54 Å². The highest BCUT2D eigenvalue weighted by Gasteiger charge is 2.23. The van der Waals surface area contributed by atoms with E-state index in [-0.39, 0.29) is 11.7 Å². The highest BCUT2D eigenvalue weighted by atomic mass is 16.5. The maximum absolute atomic E-state index is 11.8. The molecule has 1 aromatic rings. The fraction of sp³-hybridized carbons (Fsp3) is 0.462. The molecule has 1 aromatic carbocycles. The number of carbonyl (C=O) groups is 1. The molecule has 2 N–H and O–H groups in total.